The lowest BCUT2D eigenvalue weighted by Crippen LogP contribution is -2.39. The molecule has 108 valence electrons. The number of hydrogen-bond acceptors (Lipinski definition) is 3. The Morgan fingerprint density at radius 2 is 2.10 bits per heavy atom. The van der Waals surface area contributed by atoms with E-state index in [1.54, 1.807) is 0 Å². The van der Waals surface area contributed by atoms with Crippen LogP contribution in [0, 0.1) is 0 Å². The highest BCUT2D eigenvalue weighted by molar-refractivity contribution is 5.92. The highest BCUT2D eigenvalue weighted by atomic mass is 16.6. The Kier molecular flexibility index (Phi) is 3.70. The van der Waals surface area contributed by atoms with Crippen molar-refractivity contribution >= 4 is 11.9 Å². The third-order valence-corrected chi connectivity index (χ3v) is 3.08. The van der Waals surface area contributed by atoms with Gasteiger partial charge >= 0.3 is 6.09 Å². The van der Waals surface area contributed by atoms with Gasteiger partial charge in [-0.15, -0.1) is 0 Å². The fourth-order valence-corrected chi connectivity index (χ4v) is 2.19. The Hall–Kier alpha value is -2.04. The number of carbonyl (C=O) groups is 2. The Balaban J connectivity index is 2.29. The van der Waals surface area contributed by atoms with E-state index in [1.807, 2.05) is 50.7 Å². The van der Waals surface area contributed by atoms with Gasteiger partial charge in [0.25, 0.3) is 0 Å². The van der Waals surface area contributed by atoms with Crippen LogP contribution in [0.1, 0.15) is 38.9 Å². The molecule has 5 heteroatoms. The third kappa shape index (κ3) is 3.10. The molecule has 0 saturated carbocycles. The SMILES string of the molecule is Cn1cccc1C1CC(=O)C=CN1C(=O)OC(C)(C)C. The van der Waals surface area contributed by atoms with Gasteiger partial charge in [0.15, 0.2) is 5.78 Å². The summed E-state index contributed by atoms with van der Waals surface area (Å²) >= 11 is 0. The molecule has 5 nitrogen and oxygen atoms in total. The van der Waals surface area contributed by atoms with Crippen molar-refractivity contribution < 1.29 is 14.3 Å². The summed E-state index contributed by atoms with van der Waals surface area (Å²) < 4.78 is 7.31. The fraction of sp³-hybridized carbons (Fsp3) is 0.467. The van der Waals surface area contributed by atoms with Crippen molar-refractivity contribution in [3.63, 3.8) is 0 Å². The second-order valence-electron chi connectivity index (χ2n) is 5.93. The van der Waals surface area contributed by atoms with E-state index in [0.29, 0.717) is 0 Å². The summed E-state index contributed by atoms with van der Waals surface area (Å²) in [6, 6.07) is 3.49. The van der Waals surface area contributed by atoms with Crippen LogP contribution >= 0.6 is 0 Å². The summed E-state index contributed by atoms with van der Waals surface area (Å²) in [6.07, 6.45) is 4.66. The van der Waals surface area contributed by atoms with Crippen molar-refractivity contribution in [1.29, 1.82) is 0 Å². The van der Waals surface area contributed by atoms with Gasteiger partial charge in [-0.05, 0) is 39.0 Å². The molecule has 20 heavy (non-hydrogen) atoms. The number of amides is 1. The first-order valence-electron chi connectivity index (χ1n) is 6.61. The molecule has 0 fully saturated rings. The molecule has 0 radical (unpaired) electrons. The molecule has 0 bridgehead atoms. The van der Waals surface area contributed by atoms with Gasteiger partial charge in [0.2, 0.25) is 0 Å². The quantitative estimate of drug-likeness (QED) is 0.792. The molecule has 1 aromatic rings. The molecule has 1 unspecified atom stereocenters. The number of ether oxygens (including phenoxy) is 1. The zero-order chi connectivity index (χ0) is 14.9. The van der Waals surface area contributed by atoms with E-state index in [1.165, 1.54) is 17.2 Å². The lowest BCUT2D eigenvalue weighted by atomic mass is 10.0. The van der Waals surface area contributed by atoms with E-state index in [2.05, 4.69) is 0 Å². The fourth-order valence-electron chi connectivity index (χ4n) is 2.19. The van der Waals surface area contributed by atoms with Crippen molar-refractivity contribution in [3.8, 4) is 0 Å². The van der Waals surface area contributed by atoms with Crippen LogP contribution < -0.4 is 0 Å². The Morgan fingerprint density at radius 1 is 1.40 bits per heavy atom. The zero-order valence-electron chi connectivity index (χ0n) is 12.3. The van der Waals surface area contributed by atoms with Crippen molar-refractivity contribution in [2.45, 2.75) is 38.8 Å². The second-order valence-corrected chi connectivity index (χ2v) is 5.93. The van der Waals surface area contributed by atoms with Crippen LogP contribution in [0.5, 0.6) is 0 Å². The van der Waals surface area contributed by atoms with Crippen LogP contribution in [0.15, 0.2) is 30.6 Å². The van der Waals surface area contributed by atoms with E-state index < -0.39 is 11.7 Å². The maximum atomic E-state index is 12.3. The molecule has 0 N–H and O–H groups in total. The molecule has 2 rings (SSSR count). The maximum Gasteiger partial charge on any atom is 0.414 e. The van der Waals surface area contributed by atoms with Gasteiger partial charge in [-0.3, -0.25) is 9.69 Å². The zero-order valence-corrected chi connectivity index (χ0v) is 12.3. The average Bonchev–Trinajstić information content (AvgIpc) is 2.72. The first-order valence-corrected chi connectivity index (χ1v) is 6.61. The number of nitrogens with zero attached hydrogens (tertiary/aromatic N) is 2. The molecule has 0 aliphatic carbocycles. The standard InChI is InChI=1S/C15H20N2O3/c1-15(2,3)20-14(19)17-9-7-11(18)10-13(17)12-6-5-8-16(12)4/h5-9,13H,10H2,1-4H3. The smallest absolute Gasteiger partial charge is 0.414 e. The Bertz CT molecular complexity index is 552. The maximum absolute atomic E-state index is 12.3. The van der Waals surface area contributed by atoms with Gasteiger partial charge in [0.1, 0.15) is 5.60 Å². The molecule has 2 heterocycles. The van der Waals surface area contributed by atoms with E-state index in [-0.39, 0.29) is 18.2 Å². The van der Waals surface area contributed by atoms with Crippen molar-refractivity contribution in [1.82, 2.24) is 9.47 Å². The lowest BCUT2D eigenvalue weighted by molar-refractivity contribution is -0.116. The summed E-state index contributed by atoms with van der Waals surface area (Å²) in [5.74, 6) is 0.0102. The average molecular weight is 276 g/mol. The van der Waals surface area contributed by atoms with Gasteiger partial charge in [-0.25, -0.2) is 4.79 Å². The second kappa shape index (κ2) is 5.15. The van der Waals surface area contributed by atoms with Crippen LogP contribution in [0.3, 0.4) is 0 Å². The summed E-state index contributed by atoms with van der Waals surface area (Å²) in [6.45, 7) is 5.46. The number of aromatic nitrogens is 1. The predicted molar refractivity (Wildman–Crippen MR) is 75.0 cm³/mol. The van der Waals surface area contributed by atoms with Gasteiger partial charge in [0.05, 0.1) is 6.04 Å². The van der Waals surface area contributed by atoms with Crippen LogP contribution in [-0.2, 0) is 16.6 Å². The van der Waals surface area contributed by atoms with Gasteiger partial charge in [-0.2, -0.15) is 0 Å². The highest BCUT2D eigenvalue weighted by Gasteiger charge is 2.32. The van der Waals surface area contributed by atoms with Gasteiger partial charge in [-0.1, -0.05) is 0 Å². The third-order valence-electron chi connectivity index (χ3n) is 3.08. The molecule has 0 aromatic carbocycles. The summed E-state index contributed by atoms with van der Waals surface area (Å²) in [5, 5.41) is 0. The van der Waals surface area contributed by atoms with E-state index in [0.717, 1.165) is 5.69 Å². The molecular formula is C15H20N2O3. The van der Waals surface area contributed by atoms with Crippen molar-refractivity contribution in [3.05, 3.63) is 36.3 Å². The van der Waals surface area contributed by atoms with E-state index in [9.17, 15) is 9.59 Å². The number of carbonyl (C=O) groups excluding carboxylic acids is 2. The predicted octanol–water partition coefficient (Wildman–Crippen LogP) is 2.79. The number of hydrogen-bond donors (Lipinski definition) is 0. The lowest BCUT2D eigenvalue weighted by Gasteiger charge is -2.33. The summed E-state index contributed by atoms with van der Waals surface area (Å²) in [7, 11) is 1.89. The van der Waals surface area contributed by atoms with Crippen molar-refractivity contribution in [2.75, 3.05) is 0 Å². The number of rotatable bonds is 1. The molecule has 0 saturated heterocycles. The van der Waals surface area contributed by atoms with Crippen LogP contribution in [0.4, 0.5) is 4.79 Å². The molecular weight excluding hydrogens is 256 g/mol. The van der Waals surface area contributed by atoms with Crippen LogP contribution in [0.2, 0.25) is 0 Å². The molecule has 1 aromatic heterocycles. The minimum atomic E-state index is -0.564. The molecule has 1 aliphatic rings. The van der Waals surface area contributed by atoms with Crippen LogP contribution in [0.25, 0.3) is 0 Å². The number of allylic oxidation sites excluding steroid dienone is 1. The highest BCUT2D eigenvalue weighted by Crippen LogP contribution is 2.29. The topological polar surface area (TPSA) is 51.5 Å². The Labute approximate surface area is 118 Å². The first-order chi connectivity index (χ1) is 9.28. The molecule has 0 spiro atoms. The summed E-state index contributed by atoms with van der Waals surface area (Å²) in [5.41, 5.74) is 0.346. The molecule has 1 amide bonds. The molecule has 1 aliphatic heterocycles. The van der Waals surface area contributed by atoms with Gasteiger partial charge < -0.3 is 9.30 Å². The first kappa shape index (κ1) is 14.4. The summed E-state index contributed by atoms with van der Waals surface area (Å²) in [4.78, 5) is 25.4. The minimum absolute atomic E-state index is 0.0102. The number of ketones is 1. The Morgan fingerprint density at radius 3 is 2.65 bits per heavy atom. The minimum Gasteiger partial charge on any atom is -0.443 e. The van der Waals surface area contributed by atoms with Gasteiger partial charge in [0, 0.05) is 31.6 Å². The number of aryl methyl sites for hydroxylation is 1. The normalized spacial score (nSPS) is 19.3. The van der Waals surface area contributed by atoms with E-state index >= 15 is 0 Å². The monoisotopic (exact) mass is 276 g/mol. The molecule has 1 atom stereocenters. The largest absolute Gasteiger partial charge is 0.443 e. The van der Waals surface area contributed by atoms with E-state index in [4.69, 9.17) is 4.74 Å². The van der Waals surface area contributed by atoms with Crippen LogP contribution in [-0.4, -0.2) is 26.9 Å². The van der Waals surface area contributed by atoms with Crippen molar-refractivity contribution in [2.24, 2.45) is 7.05 Å².